The first-order chi connectivity index (χ1) is 12.9. The Labute approximate surface area is 160 Å². The van der Waals surface area contributed by atoms with Crippen molar-refractivity contribution in [1.82, 2.24) is 0 Å². The lowest BCUT2D eigenvalue weighted by Crippen LogP contribution is -2.12. The van der Waals surface area contributed by atoms with Gasteiger partial charge in [0.15, 0.2) is 0 Å². The van der Waals surface area contributed by atoms with Crippen LogP contribution in [0.2, 0.25) is 0 Å². The van der Waals surface area contributed by atoms with Gasteiger partial charge in [-0.05, 0) is 12.8 Å². The summed E-state index contributed by atoms with van der Waals surface area (Å²) in [6.07, 6.45) is 12.4. The van der Waals surface area contributed by atoms with Crippen molar-refractivity contribution in [2.45, 2.75) is 64.2 Å². The van der Waals surface area contributed by atoms with Gasteiger partial charge < -0.3 is 29.2 Å². The van der Waals surface area contributed by atoms with Gasteiger partial charge in [0.05, 0.1) is 52.9 Å². The summed E-state index contributed by atoms with van der Waals surface area (Å²) >= 11 is 0. The van der Waals surface area contributed by atoms with Crippen LogP contribution in [0.25, 0.3) is 0 Å². The van der Waals surface area contributed by atoms with E-state index in [-0.39, 0.29) is 6.61 Å². The third kappa shape index (κ3) is 23.8. The maximum atomic E-state index is 8.70. The summed E-state index contributed by atoms with van der Waals surface area (Å²) in [4.78, 5) is 0. The maximum Gasteiger partial charge on any atom is 0.0701 e. The molecule has 0 saturated heterocycles. The van der Waals surface area contributed by atoms with Crippen molar-refractivity contribution in [1.29, 1.82) is 0 Å². The van der Waals surface area contributed by atoms with Gasteiger partial charge in [0, 0.05) is 13.2 Å². The Morgan fingerprint density at radius 3 is 1.08 bits per heavy atom. The van der Waals surface area contributed by atoms with Crippen LogP contribution in [0.5, 0.6) is 0 Å². The molecule has 0 rings (SSSR count). The molecule has 0 bridgehead atoms. The van der Waals surface area contributed by atoms with Crippen LogP contribution in [-0.2, 0) is 18.9 Å². The minimum absolute atomic E-state index is 0.0514. The molecule has 158 valence electrons. The van der Waals surface area contributed by atoms with Gasteiger partial charge in [0.2, 0.25) is 0 Å². The van der Waals surface area contributed by atoms with Crippen LogP contribution in [0.15, 0.2) is 0 Å². The second-order valence-electron chi connectivity index (χ2n) is 6.43. The Hall–Kier alpha value is -0.240. The van der Waals surface area contributed by atoms with E-state index in [9.17, 15) is 0 Å². The van der Waals surface area contributed by atoms with Crippen molar-refractivity contribution < 1.29 is 29.2 Å². The summed E-state index contributed by atoms with van der Waals surface area (Å²) in [5, 5.41) is 17.2. The first kappa shape index (κ1) is 25.8. The molecule has 0 aromatic rings. The lowest BCUT2D eigenvalue weighted by molar-refractivity contribution is -0.00577. The SMILES string of the molecule is OCCCCCCCCCCCCOCCOCCOCCOCCO. The molecule has 26 heavy (non-hydrogen) atoms. The van der Waals surface area contributed by atoms with E-state index in [4.69, 9.17) is 29.2 Å². The van der Waals surface area contributed by atoms with Crippen molar-refractivity contribution in [2.75, 3.05) is 66.1 Å². The van der Waals surface area contributed by atoms with E-state index in [0.717, 1.165) is 19.4 Å². The van der Waals surface area contributed by atoms with Gasteiger partial charge in [-0.1, -0.05) is 51.4 Å². The van der Waals surface area contributed by atoms with Crippen LogP contribution in [0.3, 0.4) is 0 Å². The van der Waals surface area contributed by atoms with E-state index in [1.165, 1.54) is 51.4 Å². The van der Waals surface area contributed by atoms with E-state index in [1.807, 2.05) is 0 Å². The van der Waals surface area contributed by atoms with Crippen molar-refractivity contribution >= 4 is 0 Å². The molecular weight excluding hydrogens is 336 g/mol. The molecule has 2 N–H and O–H groups in total. The van der Waals surface area contributed by atoms with E-state index < -0.39 is 0 Å². The van der Waals surface area contributed by atoms with Crippen molar-refractivity contribution in [2.24, 2.45) is 0 Å². The molecule has 0 spiro atoms. The van der Waals surface area contributed by atoms with Crippen molar-refractivity contribution in [3.05, 3.63) is 0 Å². The average Bonchev–Trinajstić information content (AvgIpc) is 2.66. The lowest BCUT2D eigenvalue weighted by atomic mass is 10.1. The predicted octanol–water partition coefficient (Wildman–Crippen LogP) is 2.94. The zero-order valence-electron chi connectivity index (χ0n) is 16.7. The number of aliphatic hydroxyl groups excluding tert-OH is 2. The van der Waals surface area contributed by atoms with Crippen LogP contribution in [0, 0.1) is 0 Å². The molecule has 0 aliphatic heterocycles. The van der Waals surface area contributed by atoms with Gasteiger partial charge in [-0.25, -0.2) is 0 Å². The summed E-state index contributed by atoms with van der Waals surface area (Å²) in [6.45, 7) is 5.01. The lowest BCUT2D eigenvalue weighted by Gasteiger charge is -2.07. The van der Waals surface area contributed by atoms with Crippen LogP contribution in [0.1, 0.15) is 64.2 Å². The highest BCUT2D eigenvalue weighted by atomic mass is 16.6. The summed E-state index contributed by atoms with van der Waals surface area (Å²) in [5.74, 6) is 0. The fraction of sp³-hybridized carbons (Fsp3) is 1.00. The van der Waals surface area contributed by atoms with Crippen molar-refractivity contribution in [3.8, 4) is 0 Å². The van der Waals surface area contributed by atoms with E-state index in [2.05, 4.69) is 0 Å². The Morgan fingerprint density at radius 1 is 0.308 bits per heavy atom. The van der Waals surface area contributed by atoms with Crippen LogP contribution < -0.4 is 0 Å². The Kier molecular flexibility index (Phi) is 24.5. The van der Waals surface area contributed by atoms with Crippen molar-refractivity contribution in [3.63, 3.8) is 0 Å². The third-order valence-electron chi connectivity index (χ3n) is 4.05. The molecule has 6 nitrogen and oxygen atoms in total. The van der Waals surface area contributed by atoms with E-state index >= 15 is 0 Å². The molecule has 0 heterocycles. The highest BCUT2D eigenvalue weighted by molar-refractivity contribution is 4.48. The molecule has 0 amide bonds. The number of unbranched alkanes of at least 4 members (excludes halogenated alkanes) is 9. The third-order valence-corrected chi connectivity index (χ3v) is 4.05. The topological polar surface area (TPSA) is 77.4 Å². The van der Waals surface area contributed by atoms with Crippen LogP contribution in [-0.4, -0.2) is 76.3 Å². The second-order valence-corrected chi connectivity index (χ2v) is 6.43. The maximum absolute atomic E-state index is 8.70. The molecule has 0 aliphatic rings. The number of hydrogen-bond donors (Lipinski definition) is 2. The molecule has 0 unspecified atom stereocenters. The Bertz CT molecular complexity index is 216. The summed E-state index contributed by atoms with van der Waals surface area (Å²) in [6, 6.07) is 0. The number of aliphatic hydroxyl groups is 2. The van der Waals surface area contributed by atoms with E-state index in [0.29, 0.717) is 52.9 Å². The zero-order chi connectivity index (χ0) is 19.0. The zero-order valence-corrected chi connectivity index (χ0v) is 16.7. The largest absolute Gasteiger partial charge is 0.396 e. The Balaban J connectivity index is 2.95. The van der Waals surface area contributed by atoms with Gasteiger partial charge in [0.25, 0.3) is 0 Å². The molecule has 0 aliphatic carbocycles. The van der Waals surface area contributed by atoms with Gasteiger partial charge >= 0.3 is 0 Å². The number of hydrogen-bond acceptors (Lipinski definition) is 6. The molecule has 0 aromatic heterocycles. The monoisotopic (exact) mass is 378 g/mol. The minimum Gasteiger partial charge on any atom is -0.396 e. The molecule has 0 saturated carbocycles. The van der Waals surface area contributed by atoms with Crippen LogP contribution in [0.4, 0.5) is 0 Å². The standard InChI is InChI=1S/C20H42O6/c21-11-9-7-5-3-1-2-4-6-8-10-13-23-15-17-25-19-20-26-18-16-24-14-12-22/h21-22H,1-20H2. The van der Waals surface area contributed by atoms with Gasteiger partial charge in [0.1, 0.15) is 0 Å². The molecular formula is C20H42O6. The fourth-order valence-electron chi connectivity index (χ4n) is 2.56. The predicted molar refractivity (Wildman–Crippen MR) is 104 cm³/mol. The average molecular weight is 379 g/mol. The smallest absolute Gasteiger partial charge is 0.0701 e. The first-order valence-corrected chi connectivity index (χ1v) is 10.4. The molecule has 0 radical (unpaired) electrons. The van der Waals surface area contributed by atoms with Crippen LogP contribution >= 0.6 is 0 Å². The second kappa shape index (κ2) is 24.8. The quantitative estimate of drug-likeness (QED) is 0.266. The molecule has 0 atom stereocenters. The summed E-state index contributed by atoms with van der Waals surface area (Å²) < 4.78 is 21.4. The van der Waals surface area contributed by atoms with E-state index in [1.54, 1.807) is 0 Å². The molecule has 0 fully saturated rings. The Morgan fingerprint density at radius 2 is 0.654 bits per heavy atom. The first-order valence-electron chi connectivity index (χ1n) is 10.4. The fourth-order valence-corrected chi connectivity index (χ4v) is 2.56. The highest BCUT2D eigenvalue weighted by Gasteiger charge is 1.95. The normalized spacial score (nSPS) is 11.3. The number of rotatable bonds is 23. The van der Waals surface area contributed by atoms with Gasteiger partial charge in [-0.2, -0.15) is 0 Å². The summed E-state index contributed by atoms with van der Waals surface area (Å²) in [5.41, 5.74) is 0. The summed E-state index contributed by atoms with van der Waals surface area (Å²) in [7, 11) is 0. The van der Waals surface area contributed by atoms with Gasteiger partial charge in [-0.3, -0.25) is 0 Å². The van der Waals surface area contributed by atoms with Gasteiger partial charge in [-0.15, -0.1) is 0 Å². The highest BCUT2D eigenvalue weighted by Crippen LogP contribution is 2.10. The molecule has 6 heteroatoms. The minimum atomic E-state index is 0.0514. The number of ether oxygens (including phenoxy) is 4. The molecule has 0 aromatic carbocycles.